The molecule has 17 heavy (non-hydrogen) atoms. The lowest BCUT2D eigenvalue weighted by Crippen LogP contribution is -2.20. The van der Waals surface area contributed by atoms with Gasteiger partial charge in [0.25, 0.3) is 0 Å². The maximum absolute atomic E-state index is 11.3. The zero-order valence-electron chi connectivity index (χ0n) is 10.4. The van der Waals surface area contributed by atoms with Crippen molar-refractivity contribution in [3.63, 3.8) is 0 Å². The van der Waals surface area contributed by atoms with Crippen LogP contribution in [0, 0.1) is 0 Å². The van der Waals surface area contributed by atoms with Gasteiger partial charge in [0.1, 0.15) is 0 Å². The van der Waals surface area contributed by atoms with Gasteiger partial charge < -0.3 is 5.32 Å². The van der Waals surface area contributed by atoms with Gasteiger partial charge in [-0.3, -0.25) is 0 Å². The summed E-state index contributed by atoms with van der Waals surface area (Å²) < 4.78 is 22.7. The molecule has 6 heteroatoms. The molecule has 1 saturated heterocycles. The van der Waals surface area contributed by atoms with Crippen LogP contribution in [0.5, 0.6) is 0 Å². The van der Waals surface area contributed by atoms with Crippen molar-refractivity contribution in [3.05, 3.63) is 11.1 Å². The first kappa shape index (κ1) is 12.8. The van der Waals surface area contributed by atoms with Crippen molar-refractivity contribution >= 4 is 26.3 Å². The highest BCUT2D eigenvalue weighted by Gasteiger charge is 2.28. The molecule has 1 aliphatic heterocycles. The molecule has 0 bridgehead atoms. The highest BCUT2D eigenvalue weighted by atomic mass is 32.2. The van der Waals surface area contributed by atoms with Crippen molar-refractivity contribution in [2.75, 3.05) is 16.8 Å². The minimum Gasteiger partial charge on any atom is -0.358 e. The van der Waals surface area contributed by atoms with E-state index < -0.39 is 9.84 Å². The van der Waals surface area contributed by atoms with E-state index in [4.69, 9.17) is 0 Å². The fourth-order valence-corrected chi connectivity index (χ4v) is 4.46. The maximum atomic E-state index is 11.3. The van der Waals surface area contributed by atoms with Gasteiger partial charge in [-0.1, -0.05) is 20.8 Å². The van der Waals surface area contributed by atoms with E-state index in [1.807, 2.05) is 5.38 Å². The summed E-state index contributed by atoms with van der Waals surface area (Å²) in [7, 11) is -2.82. The van der Waals surface area contributed by atoms with Crippen molar-refractivity contribution in [1.82, 2.24) is 4.98 Å². The summed E-state index contributed by atoms with van der Waals surface area (Å²) >= 11 is 1.55. The third-order valence-corrected chi connectivity index (χ3v) is 5.37. The molecular weight excluding hydrogens is 256 g/mol. The minimum absolute atomic E-state index is 0.0268. The summed E-state index contributed by atoms with van der Waals surface area (Å²) in [6.07, 6.45) is 0.687. The van der Waals surface area contributed by atoms with Crippen LogP contribution in [0.15, 0.2) is 5.38 Å². The standard InChI is InChI=1S/C11H18N2O2S2/c1-11(2,3)9-6-16-10(13-9)12-8-4-5-17(14,15)7-8/h6,8H,4-5,7H2,1-3H3,(H,12,13). The molecule has 1 aliphatic rings. The first-order valence-corrected chi connectivity index (χ1v) is 8.39. The Morgan fingerprint density at radius 3 is 2.65 bits per heavy atom. The third-order valence-electron chi connectivity index (χ3n) is 2.83. The average molecular weight is 274 g/mol. The molecule has 0 aliphatic carbocycles. The Morgan fingerprint density at radius 1 is 1.47 bits per heavy atom. The number of hydrogen-bond acceptors (Lipinski definition) is 5. The van der Waals surface area contributed by atoms with Crippen molar-refractivity contribution < 1.29 is 8.42 Å². The number of rotatable bonds is 2. The molecule has 4 nitrogen and oxygen atoms in total. The summed E-state index contributed by atoms with van der Waals surface area (Å²) in [6, 6.07) is 0.0268. The van der Waals surface area contributed by atoms with Crippen LogP contribution in [0.4, 0.5) is 5.13 Å². The van der Waals surface area contributed by atoms with Crippen molar-refractivity contribution in [2.24, 2.45) is 0 Å². The van der Waals surface area contributed by atoms with Crippen molar-refractivity contribution in [3.8, 4) is 0 Å². The fraction of sp³-hybridized carbons (Fsp3) is 0.727. The van der Waals surface area contributed by atoms with E-state index in [0.717, 1.165) is 10.8 Å². The number of anilines is 1. The Morgan fingerprint density at radius 2 is 2.18 bits per heavy atom. The van der Waals surface area contributed by atoms with E-state index in [0.29, 0.717) is 12.2 Å². The van der Waals surface area contributed by atoms with Gasteiger partial charge in [0, 0.05) is 16.8 Å². The van der Waals surface area contributed by atoms with Gasteiger partial charge in [0.05, 0.1) is 17.2 Å². The summed E-state index contributed by atoms with van der Waals surface area (Å²) in [5.41, 5.74) is 1.09. The molecule has 0 amide bonds. The van der Waals surface area contributed by atoms with Gasteiger partial charge >= 0.3 is 0 Å². The molecule has 2 rings (SSSR count). The lowest BCUT2D eigenvalue weighted by molar-refractivity contribution is 0.573. The lowest BCUT2D eigenvalue weighted by atomic mass is 9.93. The number of aromatic nitrogens is 1. The number of sulfone groups is 1. The van der Waals surface area contributed by atoms with Crippen LogP contribution in [0.25, 0.3) is 0 Å². The first-order chi connectivity index (χ1) is 7.76. The second-order valence-corrected chi connectivity index (χ2v) is 8.62. The van der Waals surface area contributed by atoms with Crippen LogP contribution in [0.3, 0.4) is 0 Å². The monoisotopic (exact) mass is 274 g/mol. The zero-order valence-corrected chi connectivity index (χ0v) is 12.0. The van der Waals surface area contributed by atoms with Crippen molar-refractivity contribution in [2.45, 2.75) is 38.6 Å². The normalized spacial score (nSPS) is 23.8. The number of nitrogens with one attached hydrogen (secondary N) is 1. The third kappa shape index (κ3) is 3.19. The van der Waals surface area contributed by atoms with Gasteiger partial charge in [0.2, 0.25) is 0 Å². The number of nitrogens with zero attached hydrogens (tertiary/aromatic N) is 1. The molecule has 0 spiro atoms. The summed E-state index contributed by atoms with van der Waals surface area (Å²) in [6.45, 7) is 6.35. The second kappa shape index (κ2) is 4.24. The van der Waals surface area contributed by atoms with E-state index in [1.165, 1.54) is 0 Å². The molecule has 1 aromatic heterocycles. The predicted molar refractivity (Wildman–Crippen MR) is 71.5 cm³/mol. The van der Waals surface area contributed by atoms with Crippen LogP contribution in [-0.2, 0) is 15.3 Å². The maximum Gasteiger partial charge on any atom is 0.183 e. The zero-order chi connectivity index (χ0) is 12.7. The molecule has 0 radical (unpaired) electrons. The van der Waals surface area contributed by atoms with E-state index in [1.54, 1.807) is 11.3 Å². The molecular formula is C11H18N2O2S2. The minimum atomic E-state index is -2.82. The van der Waals surface area contributed by atoms with Gasteiger partial charge in [0.15, 0.2) is 15.0 Å². The molecule has 2 heterocycles. The van der Waals surface area contributed by atoms with E-state index in [-0.39, 0.29) is 17.2 Å². The SMILES string of the molecule is CC(C)(C)c1csc(NC2CCS(=O)(=O)C2)n1. The van der Waals surface area contributed by atoms with E-state index in [2.05, 4.69) is 31.1 Å². The van der Waals surface area contributed by atoms with Crippen LogP contribution >= 0.6 is 11.3 Å². The van der Waals surface area contributed by atoms with Gasteiger partial charge in [-0.25, -0.2) is 13.4 Å². The molecule has 1 N–H and O–H groups in total. The average Bonchev–Trinajstić information content (AvgIpc) is 2.72. The van der Waals surface area contributed by atoms with E-state index >= 15 is 0 Å². The Kier molecular flexibility index (Phi) is 3.20. The molecule has 1 unspecified atom stereocenters. The number of hydrogen-bond donors (Lipinski definition) is 1. The predicted octanol–water partition coefficient (Wildman–Crippen LogP) is 2.04. The molecule has 0 saturated carbocycles. The van der Waals surface area contributed by atoms with Crippen molar-refractivity contribution in [1.29, 1.82) is 0 Å². The number of thiazole rings is 1. The molecule has 96 valence electrons. The fourth-order valence-electron chi connectivity index (χ4n) is 1.77. The Bertz CT molecular complexity index is 500. The lowest BCUT2D eigenvalue weighted by Gasteiger charge is -2.14. The Balaban J connectivity index is 2.03. The highest BCUT2D eigenvalue weighted by molar-refractivity contribution is 7.91. The largest absolute Gasteiger partial charge is 0.358 e. The molecule has 1 atom stereocenters. The smallest absolute Gasteiger partial charge is 0.183 e. The molecule has 0 aromatic carbocycles. The second-order valence-electron chi connectivity index (χ2n) is 5.53. The first-order valence-electron chi connectivity index (χ1n) is 5.69. The Labute approximate surface area is 106 Å². The highest BCUT2D eigenvalue weighted by Crippen LogP contribution is 2.27. The van der Waals surface area contributed by atoms with Crippen LogP contribution in [0.2, 0.25) is 0 Å². The van der Waals surface area contributed by atoms with Crippen LogP contribution in [-0.4, -0.2) is 30.9 Å². The van der Waals surface area contributed by atoms with E-state index in [9.17, 15) is 8.42 Å². The van der Waals surface area contributed by atoms with Gasteiger partial charge in [-0.15, -0.1) is 11.3 Å². The molecule has 1 aromatic rings. The van der Waals surface area contributed by atoms with Crippen LogP contribution in [0.1, 0.15) is 32.9 Å². The summed E-state index contributed by atoms with van der Waals surface area (Å²) in [5.74, 6) is 0.527. The quantitative estimate of drug-likeness (QED) is 0.896. The van der Waals surface area contributed by atoms with Gasteiger partial charge in [-0.05, 0) is 6.42 Å². The Hall–Kier alpha value is -0.620. The summed E-state index contributed by atoms with van der Waals surface area (Å²) in [4.78, 5) is 4.51. The summed E-state index contributed by atoms with van der Waals surface area (Å²) in [5, 5.41) is 6.08. The topological polar surface area (TPSA) is 59.1 Å². The van der Waals surface area contributed by atoms with Gasteiger partial charge in [-0.2, -0.15) is 0 Å². The van der Waals surface area contributed by atoms with Crippen LogP contribution < -0.4 is 5.32 Å². The molecule has 1 fully saturated rings.